The quantitative estimate of drug-likeness (QED) is 0.841. The molecule has 2 heterocycles. The number of nitrogens with one attached hydrogen (secondary N) is 1. The molecule has 2 amide bonds. The second kappa shape index (κ2) is 8.82. The number of ether oxygens (including phenoxy) is 1. The van der Waals surface area contributed by atoms with Crippen molar-refractivity contribution in [1.82, 2.24) is 15.1 Å². The fourth-order valence-corrected chi connectivity index (χ4v) is 3.55. The van der Waals surface area contributed by atoms with Crippen LogP contribution in [0.1, 0.15) is 20.0 Å². The Morgan fingerprint density at radius 3 is 2.46 bits per heavy atom. The first-order valence-electron chi connectivity index (χ1n) is 8.65. The van der Waals surface area contributed by atoms with Gasteiger partial charge in [0.15, 0.2) is 0 Å². The van der Waals surface area contributed by atoms with Gasteiger partial charge in [0.05, 0.1) is 12.0 Å². The Morgan fingerprint density at radius 2 is 1.85 bits per heavy atom. The lowest BCUT2D eigenvalue weighted by atomic mass is 10.1. The number of piperazine rings is 1. The molecule has 0 bridgehead atoms. The first kappa shape index (κ1) is 18.4. The molecule has 0 aliphatic carbocycles. The van der Waals surface area contributed by atoms with Gasteiger partial charge in [0.1, 0.15) is 5.75 Å². The van der Waals surface area contributed by atoms with E-state index in [0.717, 1.165) is 30.3 Å². The van der Waals surface area contributed by atoms with E-state index in [9.17, 15) is 9.59 Å². The van der Waals surface area contributed by atoms with Crippen molar-refractivity contribution in [1.29, 1.82) is 0 Å². The van der Waals surface area contributed by atoms with E-state index in [1.807, 2.05) is 22.4 Å². The van der Waals surface area contributed by atoms with Gasteiger partial charge in [-0.2, -0.15) is 0 Å². The van der Waals surface area contributed by atoms with E-state index in [1.165, 1.54) is 11.3 Å². The summed E-state index contributed by atoms with van der Waals surface area (Å²) in [7, 11) is 1.61. The van der Waals surface area contributed by atoms with Crippen LogP contribution in [0.25, 0.3) is 0 Å². The highest BCUT2D eigenvalue weighted by molar-refractivity contribution is 7.12. The summed E-state index contributed by atoms with van der Waals surface area (Å²) in [6.45, 7) is 4.44. The monoisotopic (exact) mass is 373 g/mol. The molecular weight excluding hydrogens is 350 g/mol. The van der Waals surface area contributed by atoms with Gasteiger partial charge in [-0.05, 0) is 35.7 Å². The Balaban J connectivity index is 1.40. The third-order valence-corrected chi connectivity index (χ3v) is 5.32. The molecule has 0 unspecified atom stereocenters. The molecule has 138 valence electrons. The van der Waals surface area contributed by atoms with Crippen LogP contribution in [0.15, 0.2) is 41.8 Å². The summed E-state index contributed by atoms with van der Waals surface area (Å²) < 4.78 is 5.13. The Morgan fingerprint density at radius 1 is 1.12 bits per heavy atom. The second-order valence-electron chi connectivity index (χ2n) is 6.10. The van der Waals surface area contributed by atoms with Gasteiger partial charge in [-0.25, -0.2) is 0 Å². The number of carbonyl (C=O) groups excluding carboxylic acids is 2. The Kier molecular flexibility index (Phi) is 6.25. The fourth-order valence-electron chi connectivity index (χ4n) is 2.91. The molecule has 0 saturated carbocycles. The van der Waals surface area contributed by atoms with Gasteiger partial charge in [0.2, 0.25) is 0 Å². The van der Waals surface area contributed by atoms with Crippen molar-refractivity contribution in [2.24, 2.45) is 0 Å². The Labute approximate surface area is 157 Å². The summed E-state index contributed by atoms with van der Waals surface area (Å²) in [5, 5.41) is 4.84. The number of carbonyl (C=O) groups is 2. The highest BCUT2D eigenvalue weighted by atomic mass is 32.1. The summed E-state index contributed by atoms with van der Waals surface area (Å²) in [5.41, 5.74) is 0.683. The normalized spacial score (nSPS) is 14.9. The van der Waals surface area contributed by atoms with Crippen LogP contribution < -0.4 is 10.1 Å². The second-order valence-corrected chi connectivity index (χ2v) is 7.04. The molecule has 1 saturated heterocycles. The van der Waals surface area contributed by atoms with E-state index in [0.29, 0.717) is 25.2 Å². The van der Waals surface area contributed by atoms with Crippen LogP contribution >= 0.6 is 11.3 Å². The maximum atomic E-state index is 12.6. The lowest BCUT2D eigenvalue weighted by Gasteiger charge is -2.34. The lowest BCUT2D eigenvalue weighted by molar-refractivity contribution is 0.0638. The van der Waals surface area contributed by atoms with Gasteiger partial charge in [0, 0.05) is 44.8 Å². The summed E-state index contributed by atoms with van der Waals surface area (Å²) in [4.78, 5) is 29.3. The predicted molar refractivity (Wildman–Crippen MR) is 102 cm³/mol. The lowest BCUT2D eigenvalue weighted by Crippen LogP contribution is -2.50. The fraction of sp³-hybridized carbons (Fsp3) is 0.368. The molecule has 1 aliphatic heterocycles. The van der Waals surface area contributed by atoms with Gasteiger partial charge in [0.25, 0.3) is 11.8 Å². The highest BCUT2D eigenvalue weighted by Gasteiger charge is 2.22. The third kappa shape index (κ3) is 4.62. The highest BCUT2D eigenvalue weighted by Crippen LogP contribution is 2.14. The smallest absolute Gasteiger partial charge is 0.261 e. The first-order valence-corrected chi connectivity index (χ1v) is 9.53. The van der Waals surface area contributed by atoms with Crippen molar-refractivity contribution < 1.29 is 14.3 Å². The average molecular weight is 373 g/mol. The van der Waals surface area contributed by atoms with E-state index >= 15 is 0 Å². The van der Waals surface area contributed by atoms with E-state index in [4.69, 9.17) is 4.74 Å². The van der Waals surface area contributed by atoms with Crippen molar-refractivity contribution in [3.63, 3.8) is 0 Å². The number of nitrogens with zero attached hydrogens (tertiary/aromatic N) is 2. The van der Waals surface area contributed by atoms with Gasteiger partial charge in [-0.3, -0.25) is 14.5 Å². The van der Waals surface area contributed by atoms with Gasteiger partial charge >= 0.3 is 0 Å². The molecule has 1 aromatic heterocycles. The van der Waals surface area contributed by atoms with Crippen LogP contribution in [0.2, 0.25) is 0 Å². The minimum atomic E-state index is -0.0201. The van der Waals surface area contributed by atoms with E-state index < -0.39 is 0 Å². The molecule has 1 aliphatic rings. The number of rotatable bonds is 6. The largest absolute Gasteiger partial charge is 0.497 e. The molecule has 2 aromatic rings. The van der Waals surface area contributed by atoms with Crippen molar-refractivity contribution in [2.45, 2.75) is 0 Å². The molecule has 7 heteroatoms. The van der Waals surface area contributed by atoms with Crippen molar-refractivity contribution in [3.8, 4) is 5.75 Å². The average Bonchev–Trinajstić information content (AvgIpc) is 3.23. The Bertz CT molecular complexity index is 723. The van der Waals surface area contributed by atoms with Gasteiger partial charge in [-0.1, -0.05) is 6.07 Å². The van der Waals surface area contributed by atoms with Crippen molar-refractivity contribution >= 4 is 23.2 Å². The molecule has 6 nitrogen and oxygen atoms in total. The van der Waals surface area contributed by atoms with Crippen LogP contribution in [-0.2, 0) is 0 Å². The number of benzene rings is 1. The topological polar surface area (TPSA) is 61.9 Å². The molecule has 26 heavy (non-hydrogen) atoms. The molecule has 1 aromatic carbocycles. The van der Waals surface area contributed by atoms with E-state index in [1.54, 1.807) is 31.4 Å². The minimum Gasteiger partial charge on any atom is -0.497 e. The van der Waals surface area contributed by atoms with Crippen LogP contribution in [0.4, 0.5) is 0 Å². The Hall–Kier alpha value is -2.38. The minimum absolute atomic E-state index is 0.0201. The zero-order valence-electron chi connectivity index (χ0n) is 14.8. The van der Waals surface area contributed by atoms with Crippen molar-refractivity contribution in [3.05, 3.63) is 52.2 Å². The molecule has 0 radical (unpaired) electrons. The zero-order chi connectivity index (χ0) is 18.4. The SMILES string of the molecule is COc1ccc(C(=O)N2CCN(CCNC(=O)c3cccs3)CC2)cc1. The maximum Gasteiger partial charge on any atom is 0.261 e. The number of amides is 2. The number of thiophene rings is 1. The first-order chi connectivity index (χ1) is 12.7. The molecule has 1 fully saturated rings. The summed E-state index contributed by atoms with van der Waals surface area (Å²) in [6.07, 6.45) is 0. The number of hydrogen-bond donors (Lipinski definition) is 1. The van der Waals surface area contributed by atoms with Crippen LogP contribution in [0, 0.1) is 0 Å². The molecule has 0 atom stereocenters. The van der Waals surface area contributed by atoms with Crippen LogP contribution in [-0.4, -0.2) is 68.0 Å². The zero-order valence-corrected chi connectivity index (χ0v) is 15.6. The summed E-state index contributed by atoms with van der Waals surface area (Å²) >= 11 is 1.44. The van der Waals surface area contributed by atoms with Crippen LogP contribution in [0.3, 0.4) is 0 Å². The summed E-state index contributed by atoms with van der Waals surface area (Å²) in [6, 6.07) is 10.9. The third-order valence-electron chi connectivity index (χ3n) is 4.46. The molecule has 0 spiro atoms. The summed E-state index contributed by atoms with van der Waals surface area (Å²) in [5.74, 6) is 0.780. The van der Waals surface area contributed by atoms with Gasteiger partial charge in [-0.15, -0.1) is 11.3 Å². The molecular formula is C19H23N3O3S. The standard InChI is InChI=1S/C19H23N3O3S/c1-25-16-6-4-15(5-7-16)19(24)22-12-10-21(11-13-22)9-8-20-18(23)17-3-2-14-26-17/h2-7,14H,8-13H2,1H3,(H,20,23). The number of hydrogen-bond acceptors (Lipinski definition) is 5. The van der Waals surface area contributed by atoms with Crippen LogP contribution in [0.5, 0.6) is 5.75 Å². The maximum absolute atomic E-state index is 12.6. The van der Waals surface area contributed by atoms with E-state index in [-0.39, 0.29) is 11.8 Å². The van der Waals surface area contributed by atoms with E-state index in [2.05, 4.69) is 10.2 Å². The van der Waals surface area contributed by atoms with Gasteiger partial charge < -0.3 is 15.0 Å². The molecule has 1 N–H and O–H groups in total. The predicted octanol–water partition coefficient (Wildman–Crippen LogP) is 1.94. The molecule has 3 rings (SSSR count). The number of methoxy groups -OCH3 is 1. The van der Waals surface area contributed by atoms with Crippen molar-refractivity contribution in [2.75, 3.05) is 46.4 Å².